The minimum atomic E-state index is 0.402. The number of carbonyl (C=O) groups excluding carboxylic acids is 1. The summed E-state index contributed by atoms with van der Waals surface area (Å²) in [5, 5.41) is 0. The monoisotopic (exact) mass is 196 g/mol. The van der Waals surface area contributed by atoms with E-state index in [0.29, 0.717) is 17.8 Å². The van der Waals surface area contributed by atoms with Gasteiger partial charge in [-0.25, -0.2) is 0 Å². The summed E-state index contributed by atoms with van der Waals surface area (Å²) in [6, 6.07) is 0. The van der Waals surface area contributed by atoms with E-state index in [1.807, 2.05) is 0 Å². The molecule has 0 saturated carbocycles. The maximum atomic E-state index is 10.9. The van der Waals surface area contributed by atoms with Crippen molar-refractivity contribution < 1.29 is 4.79 Å². The molecule has 0 aromatic carbocycles. The third-order valence-electron chi connectivity index (χ3n) is 3.31. The lowest BCUT2D eigenvalue weighted by molar-refractivity contribution is -0.105. The third-order valence-corrected chi connectivity index (χ3v) is 3.31. The van der Waals surface area contributed by atoms with Gasteiger partial charge in [-0.2, -0.15) is 0 Å². The molecule has 0 aliphatic rings. The molecule has 0 rings (SSSR count). The lowest BCUT2D eigenvalue weighted by Gasteiger charge is -2.17. The molecule has 0 N–H and O–H groups in total. The minimum Gasteiger partial charge on any atom is -0.298 e. The van der Waals surface area contributed by atoms with Crippen LogP contribution in [0.3, 0.4) is 0 Å². The van der Waals surface area contributed by atoms with Gasteiger partial charge in [-0.1, -0.05) is 47.1 Å². The molecule has 1 nitrogen and oxygen atoms in total. The highest BCUT2D eigenvalue weighted by molar-refractivity contribution is 5.73. The molecular weight excluding hydrogens is 172 g/mol. The van der Waals surface area contributed by atoms with Crippen molar-refractivity contribution >= 4 is 6.29 Å². The molecule has 1 heteroatoms. The lowest BCUT2D eigenvalue weighted by atomic mass is 9.88. The maximum Gasteiger partial charge on any atom is 0.145 e. The van der Waals surface area contributed by atoms with Crippen LogP contribution in [-0.4, -0.2) is 6.29 Å². The van der Waals surface area contributed by atoms with Crippen LogP contribution < -0.4 is 0 Å². The van der Waals surface area contributed by atoms with Crippen LogP contribution >= 0.6 is 0 Å². The van der Waals surface area contributed by atoms with Gasteiger partial charge in [0.25, 0.3) is 0 Å². The highest BCUT2D eigenvalue weighted by Crippen LogP contribution is 2.20. The minimum absolute atomic E-state index is 0.402. The lowest BCUT2D eigenvalue weighted by Crippen LogP contribution is -2.08. The first-order chi connectivity index (χ1) is 6.56. The zero-order chi connectivity index (χ0) is 11.1. The van der Waals surface area contributed by atoms with E-state index >= 15 is 0 Å². The van der Waals surface area contributed by atoms with Gasteiger partial charge in [-0.15, -0.1) is 0 Å². The van der Waals surface area contributed by atoms with E-state index in [9.17, 15) is 4.79 Å². The zero-order valence-corrected chi connectivity index (χ0v) is 10.2. The smallest absolute Gasteiger partial charge is 0.145 e. The Kier molecular flexibility index (Phi) is 6.52. The van der Waals surface area contributed by atoms with Gasteiger partial charge in [0.05, 0.1) is 0 Å². The molecule has 14 heavy (non-hydrogen) atoms. The highest BCUT2D eigenvalue weighted by Gasteiger charge is 2.11. The van der Waals surface area contributed by atoms with E-state index in [4.69, 9.17) is 0 Å². The second kappa shape index (κ2) is 6.80. The van der Waals surface area contributed by atoms with Crippen LogP contribution in [0.2, 0.25) is 0 Å². The summed E-state index contributed by atoms with van der Waals surface area (Å²) in [6.07, 6.45) is 5.38. The van der Waals surface area contributed by atoms with Crippen LogP contribution in [0.1, 0.15) is 47.5 Å². The largest absolute Gasteiger partial charge is 0.298 e. The van der Waals surface area contributed by atoms with Crippen molar-refractivity contribution in [1.82, 2.24) is 0 Å². The molecule has 0 radical (unpaired) electrons. The van der Waals surface area contributed by atoms with E-state index in [0.717, 1.165) is 18.3 Å². The Morgan fingerprint density at radius 1 is 1.14 bits per heavy atom. The Morgan fingerprint density at radius 2 is 1.71 bits per heavy atom. The summed E-state index contributed by atoms with van der Waals surface area (Å²) < 4.78 is 0. The van der Waals surface area contributed by atoms with Crippen molar-refractivity contribution in [2.45, 2.75) is 47.5 Å². The Morgan fingerprint density at radius 3 is 2.07 bits per heavy atom. The van der Waals surface area contributed by atoms with E-state index in [1.54, 1.807) is 0 Å². The summed E-state index contributed by atoms with van der Waals surface area (Å²) in [5.41, 5.74) is 0.973. The number of hydrogen-bond donors (Lipinski definition) is 0. The molecule has 0 bridgehead atoms. The summed E-state index contributed by atoms with van der Waals surface area (Å²) in [4.78, 5) is 10.9. The van der Waals surface area contributed by atoms with Gasteiger partial charge >= 0.3 is 0 Å². The van der Waals surface area contributed by atoms with Crippen LogP contribution in [0.25, 0.3) is 0 Å². The van der Waals surface area contributed by atoms with Crippen molar-refractivity contribution in [3.63, 3.8) is 0 Å². The standard InChI is InChI=1S/C13H24O/c1-6-10(3)12(5)8-13(9-14)11(4)7-2/h8-12H,6-7H2,1-5H3. The molecule has 3 atom stereocenters. The first-order valence-electron chi connectivity index (χ1n) is 5.73. The number of aldehydes is 1. The zero-order valence-electron chi connectivity index (χ0n) is 10.2. The number of rotatable bonds is 6. The molecular formula is C13H24O. The van der Waals surface area contributed by atoms with E-state index in [-0.39, 0.29) is 0 Å². The second-order valence-electron chi connectivity index (χ2n) is 4.34. The molecule has 0 fully saturated rings. The molecule has 0 spiro atoms. The van der Waals surface area contributed by atoms with E-state index in [1.165, 1.54) is 6.42 Å². The molecule has 0 amide bonds. The maximum absolute atomic E-state index is 10.9. The Bertz CT molecular complexity index is 193. The molecule has 82 valence electrons. The van der Waals surface area contributed by atoms with Gasteiger partial charge < -0.3 is 0 Å². The highest BCUT2D eigenvalue weighted by atomic mass is 16.1. The molecule has 0 aliphatic carbocycles. The van der Waals surface area contributed by atoms with Crippen molar-refractivity contribution in [3.05, 3.63) is 11.6 Å². The van der Waals surface area contributed by atoms with Crippen LogP contribution in [0.5, 0.6) is 0 Å². The van der Waals surface area contributed by atoms with Gasteiger partial charge in [0.15, 0.2) is 0 Å². The first-order valence-corrected chi connectivity index (χ1v) is 5.73. The van der Waals surface area contributed by atoms with Crippen LogP contribution in [0.4, 0.5) is 0 Å². The Labute approximate surface area is 88.6 Å². The molecule has 3 unspecified atom stereocenters. The fourth-order valence-corrected chi connectivity index (χ4v) is 1.40. The predicted octanol–water partition coefficient (Wildman–Crippen LogP) is 3.84. The third kappa shape index (κ3) is 4.08. The van der Waals surface area contributed by atoms with Crippen LogP contribution in [-0.2, 0) is 4.79 Å². The second-order valence-corrected chi connectivity index (χ2v) is 4.34. The summed E-state index contributed by atoms with van der Waals surface area (Å²) in [5.74, 6) is 1.57. The average molecular weight is 196 g/mol. The summed E-state index contributed by atoms with van der Waals surface area (Å²) in [7, 11) is 0. The van der Waals surface area contributed by atoms with Crippen LogP contribution in [0, 0.1) is 17.8 Å². The normalized spacial score (nSPS) is 18.8. The SMILES string of the molecule is CCC(C)C(C=O)=CC(C)C(C)CC. The topological polar surface area (TPSA) is 17.1 Å². The quantitative estimate of drug-likeness (QED) is 0.466. The molecule has 0 aliphatic heterocycles. The van der Waals surface area contributed by atoms with Crippen LogP contribution in [0.15, 0.2) is 11.6 Å². The van der Waals surface area contributed by atoms with E-state index < -0.39 is 0 Å². The van der Waals surface area contributed by atoms with Gasteiger partial charge in [-0.05, 0) is 29.7 Å². The van der Waals surface area contributed by atoms with Gasteiger partial charge in [0.2, 0.25) is 0 Å². The average Bonchev–Trinajstić information content (AvgIpc) is 2.22. The van der Waals surface area contributed by atoms with Crippen molar-refractivity contribution in [1.29, 1.82) is 0 Å². The molecule has 0 aromatic heterocycles. The van der Waals surface area contributed by atoms with Crippen molar-refractivity contribution in [2.75, 3.05) is 0 Å². The van der Waals surface area contributed by atoms with Gasteiger partial charge in [0, 0.05) is 0 Å². The first kappa shape index (κ1) is 13.4. The Hall–Kier alpha value is -0.590. The fourth-order valence-electron chi connectivity index (χ4n) is 1.40. The molecule has 0 saturated heterocycles. The summed E-state index contributed by atoms with van der Waals surface area (Å²) >= 11 is 0. The van der Waals surface area contributed by atoms with Gasteiger partial charge in [0.1, 0.15) is 6.29 Å². The van der Waals surface area contributed by atoms with Crippen molar-refractivity contribution in [2.24, 2.45) is 17.8 Å². The van der Waals surface area contributed by atoms with Gasteiger partial charge in [-0.3, -0.25) is 4.79 Å². The number of allylic oxidation sites excluding steroid dienone is 2. The summed E-state index contributed by atoms with van der Waals surface area (Å²) in [6.45, 7) is 10.9. The molecule has 0 heterocycles. The van der Waals surface area contributed by atoms with Crippen molar-refractivity contribution in [3.8, 4) is 0 Å². The fraction of sp³-hybridized carbons (Fsp3) is 0.769. The Balaban J connectivity index is 4.50. The number of hydrogen-bond acceptors (Lipinski definition) is 1. The predicted molar refractivity (Wildman–Crippen MR) is 62.2 cm³/mol. The number of carbonyl (C=O) groups is 1. The van der Waals surface area contributed by atoms with E-state index in [2.05, 4.69) is 40.7 Å². The molecule has 0 aromatic rings.